The summed E-state index contributed by atoms with van der Waals surface area (Å²) >= 11 is 0. The van der Waals surface area contributed by atoms with E-state index in [-0.39, 0.29) is 18.1 Å². The second-order valence-corrected chi connectivity index (χ2v) is 6.28. The van der Waals surface area contributed by atoms with Gasteiger partial charge in [0, 0.05) is 17.9 Å². The molecule has 1 aliphatic heterocycles. The van der Waals surface area contributed by atoms with Crippen molar-refractivity contribution in [1.82, 2.24) is 15.5 Å². The molecule has 0 unspecified atom stereocenters. The molecule has 0 radical (unpaired) electrons. The third kappa shape index (κ3) is 5.18. The second-order valence-electron chi connectivity index (χ2n) is 6.28. The number of allylic oxidation sites excluding steroid dienone is 1. The van der Waals surface area contributed by atoms with Crippen molar-refractivity contribution in [1.29, 1.82) is 0 Å². The molecule has 23 heavy (non-hydrogen) atoms. The fourth-order valence-corrected chi connectivity index (χ4v) is 2.64. The maximum Gasteiger partial charge on any atom is 0.224 e. The highest BCUT2D eigenvalue weighted by atomic mass is 16.5. The van der Waals surface area contributed by atoms with Gasteiger partial charge in [-0.25, -0.2) is 0 Å². The number of aromatic nitrogens is 2. The van der Waals surface area contributed by atoms with Crippen LogP contribution in [0.15, 0.2) is 11.6 Å². The maximum absolute atomic E-state index is 12.3. The molecule has 0 bridgehead atoms. The van der Waals surface area contributed by atoms with Crippen LogP contribution in [0.2, 0.25) is 0 Å². The van der Waals surface area contributed by atoms with Gasteiger partial charge in [-0.1, -0.05) is 11.6 Å². The minimum absolute atomic E-state index is 0.00477. The highest BCUT2D eigenvalue weighted by molar-refractivity contribution is 5.79. The molecule has 6 heteroatoms. The van der Waals surface area contributed by atoms with E-state index in [2.05, 4.69) is 15.5 Å². The summed E-state index contributed by atoms with van der Waals surface area (Å²) in [6, 6.07) is -0.102. The van der Waals surface area contributed by atoms with Gasteiger partial charge in [-0.15, -0.1) is 0 Å². The number of carbonyl (C=O) groups excluding carboxylic acids is 1. The Hall–Kier alpha value is -1.66. The molecular weight excluding hydrogens is 294 g/mol. The van der Waals surface area contributed by atoms with Crippen LogP contribution in [-0.2, 0) is 20.7 Å². The molecule has 6 nitrogen and oxygen atoms in total. The number of nitrogens with one attached hydrogen (secondary N) is 2. The Morgan fingerprint density at radius 1 is 1.48 bits per heavy atom. The fraction of sp³-hybridized carbons (Fsp3) is 0.647. The van der Waals surface area contributed by atoms with Crippen LogP contribution in [-0.4, -0.2) is 48.1 Å². The van der Waals surface area contributed by atoms with Gasteiger partial charge in [0.15, 0.2) is 0 Å². The van der Waals surface area contributed by atoms with Crippen molar-refractivity contribution in [3.63, 3.8) is 0 Å². The van der Waals surface area contributed by atoms with E-state index < -0.39 is 0 Å². The van der Waals surface area contributed by atoms with Crippen LogP contribution in [0.1, 0.15) is 37.2 Å². The van der Waals surface area contributed by atoms with E-state index in [0.29, 0.717) is 26.2 Å². The molecular formula is C17H27N3O3. The Bertz CT molecular complexity index is 542. The van der Waals surface area contributed by atoms with Gasteiger partial charge in [0.25, 0.3) is 0 Å². The third-order valence-corrected chi connectivity index (χ3v) is 4.06. The topological polar surface area (TPSA) is 76.2 Å². The van der Waals surface area contributed by atoms with Gasteiger partial charge < -0.3 is 14.8 Å². The summed E-state index contributed by atoms with van der Waals surface area (Å²) in [7, 11) is 0. The minimum Gasteiger partial charge on any atom is -0.379 e. The summed E-state index contributed by atoms with van der Waals surface area (Å²) < 4.78 is 11.4. The lowest BCUT2D eigenvalue weighted by atomic mass is 10.1. The lowest BCUT2D eigenvalue weighted by molar-refractivity contribution is -0.125. The zero-order valence-corrected chi connectivity index (χ0v) is 14.4. The Morgan fingerprint density at radius 2 is 2.26 bits per heavy atom. The first-order valence-corrected chi connectivity index (χ1v) is 8.10. The molecule has 1 amide bonds. The molecule has 1 saturated heterocycles. The summed E-state index contributed by atoms with van der Waals surface area (Å²) in [5.41, 5.74) is 3.99. The Labute approximate surface area is 137 Å². The molecule has 2 rings (SSSR count). The average Bonchev–Trinajstić information content (AvgIpc) is 2.80. The second kappa shape index (κ2) is 8.26. The molecule has 2 N–H and O–H groups in total. The van der Waals surface area contributed by atoms with Crippen molar-refractivity contribution in [2.75, 3.05) is 19.8 Å². The summed E-state index contributed by atoms with van der Waals surface area (Å²) in [4.78, 5) is 12.3. The number of aromatic amines is 1. The van der Waals surface area contributed by atoms with Crippen LogP contribution in [0, 0.1) is 13.8 Å². The maximum atomic E-state index is 12.3. The van der Waals surface area contributed by atoms with Crippen molar-refractivity contribution in [3.8, 4) is 0 Å². The van der Waals surface area contributed by atoms with E-state index in [1.165, 1.54) is 5.57 Å². The van der Waals surface area contributed by atoms with Gasteiger partial charge in [0.05, 0.1) is 37.5 Å². The van der Waals surface area contributed by atoms with Crippen molar-refractivity contribution < 1.29 is 14.3 Å². The third-order valence-electron chi connectivity index (χ3n) is 4.06. The number of amides is 1. The number of nitrogens with zero attached hydrogens (tertiary/aromatic N) is 1. The standard InChI is InChI=1S/C17H27N3O3/c1-11(2)5-8-23-16-6-7-22-10-15(16)18-17(21)9-14-12(3)19-20-13(14)4/h5,15-16H,6-10H2,1-4H3,(H,18,21)(H,19,20)/t15-,16+/m1/s1. The van der Waals surface area contributed by atoms with Gasteiger partial charge >= 0.3 is 0 Å². The summed E-state index contributed by atoms with van der Waals surface area (Å²) in [6.45, 7) is 9.66. The molecule has 1 aromatic heterocycles. The first-order chi connectivity index (χ1) is 11.0. The minimum atomic E-state index is -0.102. The highest BCUT2D eigenvalue weighted by Crippen LogP contribution is 2.14. The molecule has 128 valence electrons. The van der Waals surface area contributed by atoms with Gasteiger partial charge in [-0.05, 0) is 34.1 Å². The number of carbonyl (C=O) groups is 1. The molecule has 0 aromatic carbocycles. The number of aryl methyl sites for hydroxylation is 2. The van der Waals surface area contributed by atoms with Crippen LogP contribution in [0.25, 0.3) is 0 Å². The molecule has 1 fully saturated rings. The number of rotatable bonds is 6. The van der Waals surface area contributed by atoms with Crippen LogP contribution in [0.4, 0.5) is 0 Å². The first-order valence-electron chi connectivity index (χ1n) is 8.10. The van der Waals surface area contributed by atoms with Crippen molar-refractivity contribution >= 4 is 5.91 Å². The van der Waals surface area contributed by atoms with Crippen molar-refractivity contribution in [2.45, 2.75) is 52.7 Å². The lowest BCUT2D eigenvalue weighted by Gasteiger charge is -2.32. The van der Waals surface area contributed by atoms with Crippen LogP contribution < -0.4 is 5.32 Å². The Balaban J connectivity index is 1.90. The molecule has 0 spiro atoms. The van der Waals surface area contributed by atoms with E-state index in [9.17, 15) is 4.79 Å². The summed E-state index contributed by atoms with van der Waals surface area (Å²) in [5, 5.41) is 10.1. The smallest absolute Gasteiger partial charge is 0.224 e. The van der Waals surface area contributed by atoms with Gasteiger partial charge in [0.2, 0.25) is 5.91 Å². The quantitative estimate of drug-likeness (QED) is 0.784. The molecule has 0 saturated carbocycles. The van der Waals surface area contributed by atoms with E-state index in [1.54, 1.807) is 0 Å². The van der Waals surface area contributed by atoms with E-state index in [4.69, 9.17) is 9.47 Å². The normalized spacial score (nSPS) is 21.0. The summed E-state index contributed by atoms with van der Waals surface area (Å²) in [6.07, 6.45) is 3.17. The van der Waals surface area contributed by atoms with E-state index in [1.807, 2.05) is 33.8 Å². The molecule has 1 aliphatic rings. The monoisotopic (exact) mass is 321 g/mol. The SMILES string of the molecule is CC(C)=CCO[C@H]1CCOC[C@H]1NC(=O)Cc1c(C)n[nH]c1C. The predicted molar refractivity (Wildman–Crippen MR) is 88.3 cm³/mol. The van der Waals surface area contributed by atoms with Crippen LogP contribution >= 0.6 is 0 Å². The Kier molecular flexibility index (Phi) is 6.36. The van der Waals surface area contributed by atoms with E-state index >= 15 is 0 Å². The molecule has 0 aliphatic carbocycles. The zero-order chi connectivity index (χ0) is 16.8. The number of H-pyrrole nitrogens is 1. The lowest BCUT2D eigenvalue weighted by Crippen LogP contribution is -2.51. The van der Waals surface area contributed by atoms with Crippen molar-refractivity contribution in [3.05, 3.63) is 28.6 Å². The molecule has 2 atom stereocenters. The van der Waals surface area contributed by atoms with Gasteiger partial charge in [0.1, 0.15) is 0 Å². The number of hydrogen-bond donors (Lipinski definition) is 2. The number of ether oxygens (including phenoxy) is 2. The number of hydrogen-bond acceptors (Lipinski definition) is 4. The van der Waals surface area contributed by atoms with Gasteiger partial charge in [-0.3, -0.25) is 9.89 Å². The van der Waals surface area contributed by atoms with Gasteiger partial charge in [-0.2, -0.15) is 5.10 Å². The molecule has 1 aromatic rings. The highest BCUT2D eigenvalue weighted by Gasteiger charge is 2.28. The van der Waals surface area contributed by atoms with Crippen LogP contribution in [0.3, 0.4) is 0 Å². The Morgan fingerprint density at radius 3 is 2.91 bits per heavy atom. The van der Waals surface area contributed by atoms with Crippen molar-refractivity contribution in [2.24, 2.45) is 0 Å². The predicted octanol–water partition coefficient (Wildman–Crippen LogP) is 1.83. The fourth-order valence-electron chi connectivity index (χ4n) is 2.64. The summed E-state index contributed by atoms with van der Waals surface area (Å²) in [5.74, 6) is -0.0242. The zero-order valence-electron chi connectivity index (χ0n) is 14.4. The molecule has 2 heterocycles. The largest absolute Gasteiger partial charge is 0.379 e. The first kappa shape index (κ1) is 17.7. The average molecular weight is 321 g/mol. The van der Waals surface area contributed by atoms with Crippen LogP contribution in [0.5, 0.6) is 0 Å². The van der Waals surface area contributed by atoms with E-state index in [0.717, 1.165) is 23.4 Å².